The van der Waals surface area contributed by atoms with E-state index in [0.29, 0.717) is 24.3 Å². The first-order chi connectivity index (χ1) is 11.1. The lowest BCUT2D eigenvalue weighted by Gasteiger charge is -2.12. The van der Waals surface area contributed by atoms with E-state index in [1.54, 1.807) is 4.57 Å². The molecule has 0 amide bonds. The van der Waals surface area contributed by atoms with Crippen LogP contribution in [-0.2, 0) is 11.3 Å². The largest absolute Gasteiger partial charge is 0.358 e. The fraction of sp³-hybridized carbons (Fsp3) is 0.312. The van der Waals surface area contributed by atoms with Gasteiger partial charge in [0.25, 0.3) is 0 Å². The normalized spacial score (nSPS) is 12.7. The second kappa shape index (κ2) is 6.52. The Balaban J connectivity index is 2.21. The molecule has 0 radical (unpaired) electrons. The van der Waals surface area contributed by atoms with Crippen molar-refractivity contribution >= 4 is 22.8 Å². The van der Waals surface area contributed by atoms with E-state index in [1.165, 1.54) is 10.9 Å². The van der Waals surface area contributed by atoms with Gasteiger partial charge in [-0.25, -0.2) is 19.3 Å². The highest BCUT2D eigenvalue weighted by atomic mass is 35.5. The Morgan fingerprint density at radius 2 is 2.00 bits per heavy atom. The summed E-state index contributed by atoms with van der Waals surface area (Å²) in [6, 6.07) is 9.71. The van der Waals surface area contributed by atoms with Gasteiger partial charge in [0.15, 0.2) is 10.8 Å². The number of rotatable bonds is 5. The lowest BCUT2D eigenvalue weighted by Crippen LogP contribution is -2.28. The number of halogens is 1. The van der Waals surface area contributed by atoms with E-state index in [2.05, 4.69) is 9.97 Å². The molecule has 0 aliphatic rings. The van der Waals surface area contributed by atoms with Gasteiger partial charge < -0.3 is 4.74 Å². The minimum Gasteiger partial charge on any atom is -0.358 e. The van der Waals surface area contributed by atoms with Crippen molar-refractivity contribution < 1.29 is 4.74 Å². The summed E-state index contributed by atoms with van der Waals surface area (Å²) in [5.74, 6) is 0. The standard InChI is InChI=1S/C16H17ClN4O2/c1-3-23-11(2)21-15-13(14(17)18-10-19-15)20(16(21)22)9-12-7-5-4-6-8-12/h4-8,10-11H,3,9H2,1-2H3. The minimum atomic E-state index is -0.432. The summed E-state index contributed by atoms with van der Waals surface area (Å²) < 4.78 is 8.66. The fourth-order valence-corrected chi connectivity index (χ4v) is 2.86. The van der Waals surface area contributed by atoms with E-state index in [4.69, 9.17) is 16.3 Å². The average Bonchev–Trinajstić information content (AvgIpc) is 2.82. The van der Waals surface area contributed by atoms with Gasteiger partial charge in [0.05, 0.1) is 6.54 Å². The molecule has 23 heavy (non-hydrogen) atoms. The summed E-state index contributed by atoms with van der Waals surface area (Å²) in [5, 5.41) is 0.255. The molecule has 2 heterocycles. The van der Waals surface area contributed by atoms with Gasteiger partial charge in [0.1, 0.15) is 18.1 Å². The summed E-state index contributed by atoms with van der Waals surface area (Å²) in [5.41, 5.74) is 1.78. The first-order valence-corrected chi connectivity index (χ1v) is 7.78. The van der Waals surface area contributed by atoms with Crippen molar-refractivity contribution in [1.82, 2.24) is 19.1 Å². The van der Waals surface area contributed by atoms with Crippen LogP contribution in [-0.4, -0.2) is 25.7 Å². The number of nitrogens with zero attached hydrogens (tertiary/aromatic N) is 4. The molecule has 0 N–H and O–H groups in total. The van der Waals surface area contributed by atoms with Crippen LogP contribution in [0.25, 0.3) is 11.2 Å². The van der Waals surface area contributed by atoms with Crippen LogP contribution in [0.15, 0.2) is 41.5 Å². The second-order valence-corrected chi connectivity index (χ2v) is 5.47. The maximum atomic E-state index is 12.9. The summed E-state index contributed by atoms with van der Waals surface area (Å²) in [4.78, 5) is 21.1. The van der Waals surface area contributed by atoms with Crippen molar-refractivity contribution in [1.29, 1.82) is 0 Å². The Morgan fingerprint density at radius 1 is 1.26 bits per heavy atom. The maximum absolute atomic E-state index is 12.9. The molecule has 1 unspecified atom stereocenters. The fourth-order valence-electron chi connectivity index (χ4n) is 2.63. The number of ether oxygens (including phenoxy) is 1. The maximum Gasteiger partial charge on any atom is 0.332 e. The van der Waals surface area contributed by atoms with Gasteiger partial charge in [-0.1, -0.05) is 41.9 Å². The summed E-state index contributed by atoms with van der Waals surface area (Å²) in [7, 11) is 0. The molecule has 0 saturated heterocycles. The zero-order chi connectivity index (χ0) is 16.4. The van der Waals surface area contributed by atoms with Gasteiger partial charge in [-0.15, -0.1) is 0 Å². The average molecular weight is 333 g/mol. The Morgan fingerprint density at radius 3 is 2.70 bits per heavy atom. The number of imidazole rings is 1. The summed E-state index contributed by atoms with van der Waals surface area (Å²) >= 11 is 6.23. The van der Waals surface area contributed by atoms with Crippen molar-refractivity contribution in [2.75, 3.05) is 6.61 Å². The van der Waals surface area contributed by atoms with Gasteiger partial charge in [0.2, 0.25) is 0 Å². The van der Waals surface area contributed by atoms with Crippen molar-refractivity contribution in [3.05, 3.63) is 57.9 Å². The van der Waals surface area contributed by atoms with Gasteiger partial charge in [-0.3, -0.25) is 4.57 Å². The number of fused-ring (bicyclic) bond motifs is 1. The van der Waals surface area contributed by atoms with Crippen LogP contribution >= 0.6 is 11.6 Å². The monoisotopic (exact) mass is 332 g/mol. The predicted octanol–water partition coefficient (Wildman–Crippen LogP) is 2.85. The minimum absolute atomic E-state index is 0.216. The molecule has 6 nitrogen and oxygen atoms in total. The van der Waals surface area contributed by atoms with Crippen LogP contribution in [0.4, 0.5) is 0 Å². The first-order valence-electron chi connectivity index (χ1n) is 7.40. The highest BCUT2D eigenvalue weighted by Crippen LogP contribution is 2.22. The summed E-state index contributed by atoms with van der Waals surface area (Å²) in [6.07, 6.45) is 0.921. The smallest absolute Gasteiger partial charge is 0.332 e. The van der Waals surface area contributed by atoms with E-state index < -0.39 is 6.23 Å². The third kappa shape index (κ3) is 2.87. The molecule has 2 aromatic heterocycles. The van der Waals surface area contributed by atoms with Crippen LogP contribution < -0.4 is 5.69 Å². The zero-order valence-electron chi connectivity index (χ0n) is 12.9. The molecule has 0 bridgehead atoms. The molecular weight excluding hydrogens is 316 g/mol. The molecule has 0 spiro atoms. The lowest BCUT2D eigenvalue weighted by atomic mass is 10.2. The number of benzene rings is 1. The van der Waals surface area contributed by atoms with E-state index >= 15 is 0 Å². The molecule has 0 saturated carbocycles. The second-order valence-electron chi connectivity index (χ2n) is 5.12. The van der Waals surface area contributed by atoms with E-state index in [9.17, 15) is 4.79 Å². The van der Waals surface area contributed by atoms with E-state index in [0.717, 1.165) is 5.56 Å². The topological polar surface area (TPSA) is 61.9 Å². The van der Waals surface area contributed by atoms with Gasteiger partial charge >= 0.3 is 5.69 Å². The lowest BCUT2D eigenvalue weighted by molar-refractivity contribution is 0.0246. The molecule has 1 aromatic carbocycles. The van der Waals surface area contributed by atoms with Crippen LogP contribution in [0.3, 0.4) is 0 Å². The van der Waals surface area contributed by atoms with Crippen molar-refractivity contribution in [2.45, 2.75) is 26.6 Å². The predicted molar refractivity (Wildman–Crippen MR) is 88.7 cm³/mol. The van der Waals surface area contributed by atoms with Crippen LogP contribution in [0.5, 0.6) is 0 Å². The molecule has 1 atom stereocenters. The number of hydrogen-bond acceptors (Lipinski definition) is 4. The van der Waals surface area contributed by atoms with E-state index in [1.807, 2.05) is 44.2 Å². The van der Waals surface area contributed by atoms with E-state index in [-0.39, 0.29) is 10.8 Å². The SMILES string of the molecule is CCOC(C)n1c(=O)n(Cc2ccccc2)c2c(Cl)ncnc21. The van der Waals surface area contributed by atoms with Crippen molar-refractivity contribution in [3.8, 4) is 0 Å². The molecule has 0 fully saturated rings. The molecule has 0 aliphatic heterocycles. The Hall–Kier alpha value is -2.18. The summed E-state index contributed by atoms with van der Waals surface area (Å²) in [6.45, 7) is 4.59. The van der Waals surface area contributed by atoms with Crippen LogP contribution in [0.2, 0.25) is 5.15 Å². The van der Waals surface area contributed by atoms with Gasteiger partial charge in [-0.05, 0) is 19.4 Å². The zero-order valence-corrected chi connectivity index (χ0v) is 13.7. The Bertz CT molecular complexity index is 873. The highest BCUT2D eigenvalue weighted by molar-refractivity contribution is 6.33. The molecule has 0 aliphatic carbocycles. The van der Waals surface area contributed by atoms with Gasteiger partial charge in [0, 0.05) is 6.61 Å². The third-order valence-electron chi connectivity index (χ3n) is 3.65. The number of aromatic nitrogens is 4. The molecule has 3 aromatic rings. The van der Waals surface area contributed by atoms with Crippen LogP contribution in [0, 0.1) is 0 Å². The van der Waals surface area contributed by atoms with Crippen LogP contribution in [0.1, 0.15) is 25.6 Å². The molecular formula is C16H17ClN4O2. The molecule has 3 rings (SSSR count). The third-order valence-corrected chi connectivity index (χ3v) is 3.92. The molecule has 120 valence electrons. The molecule has 7 heteroatoms. The highest BCUT2D eigenvalue weighted by Gasteiger charge is 2.21. The van der Waals surface area contributed by atoms with Crippen molar-refractivity contribution in [3.63, 3.8) is 0 Å². The Labute approximate surface area is 138 Å². The van der Waals surface area contributed by atoms with Gasteiger partial charge in [-0.2, -0.15) is 0 Å². The Kier molecular flexibility index (Phi) is 4.45. The first kappa shape index (κ1) is 15.7. The number of hydrogen-bond donors (Lipinski definition) is 0. The quantitative estimate of drug-likeness (QED) is 0.674. The van der Waals surface area contributed by atoms with Crippen molar-refractivity contribution in [2.24, 2.45) is 0 Å².